The van der Waals surface area contributed by atoms with Crippen LogP contribution in [0.15, 0.2) is 26.2 Å². The molecule has 0 radical (unpaired) electrons. The van der Waals surface area contributed by atoms with Crippen molar-refractivity contribution >= 4 is 53.3 Å². The SMILES string of the molecule is Cc1cc(N)c(NS(=O)(=O)c2c(Br)nnn2C)c(Br)c1. The van der Waals surface area contributed by atoms with E-state index in [2.05, 4.69) is 46.9 Å². The monoisotopic (exact) mass is 423 g/mol. The number of halogens is 2. The van der Waals surface area contributed by atoms with Gasteiger partial charge < -0.3 is 5.73 Å². The van der Waals surface area contributed by atoms with Crippen LogP contribution in [0.5, 0.6) is 0 Å². The van der Waals surface area contributed by atoms with Gasteiger partial charge in [0.25, 0.3) is 10.0 Å². The van der Waals surface area contributed by atoms with Crippen LogP contribution in [0.4, 0.5) is 11.4 Å². The van der Waals surface area contributed by atoms with E-state index in [-0.39, 0.29) is 15.3 Å². The van der Waals surface area contributed by atoms with E-state index < -0.39 is 10.0 Å². The molecule has 0 fully saturated rings. The molecule has 0 aliphatic heterocycles. The van der Waals surface area contributed by atoms with Crippen LogP contribution in [-0.4, -0.2) is 23.4 Å². The Hall–Kier alpha value is -1.13. The zero-order chi connectivity index (χ0) is 15.1. The van der Waals surface area contributed by atoms with Crippen molar-refractivity contribution in [3.8, 4) is 0 Å². The lowest BCUT2D eigenvalue weighted by molar-refractivity contribution is 0.578. The highest BCUT2D eigenvalue weighted by atomic mass is 79.9. The van der Waals surface area contributed by atoms with Gasteiger partial charge in [0.2, 0.25) is 5.03 Å². The molecule has 3 N–H and O–H groups in total. The fourth-order valence-corrected chi connectivity index (χ4v) is 4.69. The number of anilines is 2. The lowest BCUT2D eigenvalue weighted by Gasteiger charge is -2.13. The Labute approximate surface area is 132 Å². The second-order valence-electron chi connectivity index (χ2n) is 4.13. The van der Waals surface area contributed by atoms with E-state index in [1.54, 1.807) is 12.1 Å². The van der Waals surface area contributed by atoms with Gasteiger partial charge in [-0.2, -0.15) is 8.42 Å². The zero-order valence-corrected chi connectivity index (χ0v) is 14.5. The van der Waals surface area contributed by atoms with Gasteiger partial charge in [-0.1, -0.05) is 5.21 Å². The summed E-state index contributed by atoms with van der Waals surface area (Å²) in [5, 5.41) is 7.21. The number of nitrogens with two attached hydrogens (primary N) is 1. The molecule has 0 aliphatic carbocycles. The average molecular weight is 425 g/mol. The molecule has 2 rings (SSSR count). The molecule has 0 unspecified atom stereocenters. The molecule has 1 aromatic carbocycles. The van der Waals surface area contributed by atoms with Gasteiger partial charge in [-0.15, -0.1) is 5.10 Å². The lowest BCUT2D eigenvalue weighted by Crippen LogP contribution is -2.18. The first-order valence-corrected chi connectivity index (χ1v) is 8.43. The van der Waals surface area contributed by atoms with E-state index in [4.69, 9.17) is 5.73 Å². The summed E-state index contributed by atoms with van der Waals surface area (Å²) >= 11 is 6.35. The third-order valence-corrected chi connectivity index (χ3v) is 5.35. The molecule has 1 aromatic heterocycles. The largest absolute Gasteiger partial charge is 0.397 e. The minimum Gasteiger partial charge on any atom is -0.397 e. The second kappa shape index (κ2) is 5.34. The van der Waals surface area contributed by atoms with Crippen LogP contribution < -0.4 is 10.5 Å². The highest BCUT2D eigenvalue weighted by Crippen LogP contribution is 2.32. The average Bonchev–Trinajstić information content (AvgIpc) is 2.64. The van der Waals surface area contributed by atoms with Crippen LogP contribution in [0.25, 0.3) is 0 Å². The Morgan fingerprint density at radius 1 is 1.35 bits per heavy atom. The third-order valence-electron chi connectivity index (χ3n) is 2.49. The van der Waals surface area contributed by atoms with Crippen LogP contribution in [0, 0.1) is 6.92 Å². The molecule has 0 amide bonds. The second-order valence-corrected chi connectivity index (χ2v) is 7.33. The number of sulfonamides is 1. The number of hydrogen-bond donors (Lipinski definition) is 2. The normalized spacial score (nSPS) is 11.6. The van der Waals surface area contributed by atoms with E-state index in [0.29, 0.717) is 10.2 Å². The quantitative estimate of drug-likeness (QED) is 0.733. The Bertz CT molecular complexity index is 729. The van der Waals surface area contributed by atoms with Gasteiger partial charge in [-0.25, -0.2) is 4.68 Å². The fourth-order valence-electron chi connectivity index (χ4n) is 1.67. The number of nitrogens with one attached hydrogen (secondary N) is 1. The number of nitrogen functional groups attached to an aromatic ring is 1. The number of aromatic nitrogens is 3. The highest BCUT2D eigenvalue weighted by Gasteiger charge is 2.25. The molecule has 2 aromatic rings. The van der Waals surface area contributed by atoms with E-state index >= 15 is 0 Å². The Morgan fingerprint density at radius 3 is 2.50 bits per heavy atom. The van der Waals surface area contributed by atoms with Crippen LogP contribution in [0.1, 0.15) is 5.56 Å². The van der Waals surface area contributed by atoms with E-state index in [1.165, 1.54) is 7.05 Å². The molecule has 20 heavy (non-hydrogen) atoms. The summed E-state index contributed by atoms with van der Waals surface area (Å²) in [6.07, 6.45) is 0. The number of aryl methyl sites for hydroxylation is 2. The van der Waals surface area contributed by atoms with Crippen LogP contribution >= 0.6 is 31.9 Å². The van der Waals surface area contributed by atoms with Crippen molar-refractivity contribution < 1.29 is 8.42 Å². The Kier molecular flexibility index (Phi) is 4.07. The lowest BCUT2D eigenvalue weighted by atomic mass is 10.2. The summed E-state index contributed by atoms with van der Waals surface area (Å²) in [5.74, 6) is 0. The zero-order valence-electron chi connectivity index (χ0n) is 10.6. The molecule has 0 atom stereocenters. The van der Waals surface area contributed by atoms with Gasteiger partial charge >= 0.3 is 0 Å². The summed E-state index contributed by atoms with van der Waals surface area (Å²) in [6, 6.07) is 3.45. The van der Waals surface area contributed by atoms with E-state index in [1.807, 2.05) is 6.92 Å². The minimum atomic E-state index is -3.86. The fraction of sp³-hybridized carbons (Fsp3) is 0.200. The summed E-state index contributed by atoms with van der Waals surface area (Å²) in [4.78, 5) is 0. The van der Waals surface area contributed by atoms with Crippen LogP contribution in [-0.2, 0) is 17.1 Å². The molecule has 0 bridgehead atoms. The molecule has 0 spiro atoms. The summed E-state index contributed by atoms with van der Waals surface area (Å²) < 4.78 is 29.0. The first kappa shape index (κ1) is 15.3. The standard InChI is InChI=1S/C10H11Br2N5O2S/c1-5-3-6(11)8(7(13)4-5)15-20(18,19)10-9(12)14-16-17(10)2/h3-4,15H,13H2,1-2H3. The first-order valence-electron chi connectivity index (χ1n) is 5.36. The molecule has 108 valence electrons. The van der Waals surface area contributed by atoms with Crippen molar-refractivity contribution in [3.63, 3.8) is 0 Å². The minimum absolute atomic E-state index is 0.0793. The molecular formula is C10H11Br2N5O2S. The van der Waals surface area contributed by atoms with Crippen LogP contribution in [0.2, 0.25) is 0 Å². The predicted octanol–water partition coefficient (Wildman–Crippen LogP) is 2.03. The summed E-state index contributed by atoms with van der Waals surface area (Å²) in [6.45, 7) is 1.86. The Balaban J connectivity index is 2.50. The van der Waals surface area contributed by atoms with Crippen LogP contribution in [0.3, 0.4) is 0 Å². The van der Waals surface area contributed by atoms with Gasteiger partial charge in [0, 0.05) is 11.5 Å². The predicted molar refractivity (Wildman–Crippen MR) is 82.8 cm³/mol. The van der Waals surface area contributed by atoms with Crippen molar-refractivity contribution in [2.75, 3.05) is 10.5 Å². The number of nitrogens with zero attached hydrogens (tertiary/aromatic N) is 3. The van der Waals surface area contributed by atoms with Gasteiger partial charge in [-0.3, -0.25) is 4.72 Å². The first-order chi connectivity index (χ1) is 9.22. The topological polar surface area (TPSA) is 103 Å². The third kappa shape index (κ3) is 2.81. The maximum atomic E-state index is 12.4. The van der Waals surface area contributed by atoms with Crippen molar-refractivity contribution in [1.29, 1.82) is 0 Å². The van der Waals surface area contributed by atoms with Gasteiger partial charge in [0.1, 0.15) is 0 Å². The van der Waals surface area contributed by atoms with Crippen molar-refractivity contribution in [2.45, 2.75) is 11.9 Å². The summed E-state index contributed by atoms with van der Waals surface area (Å²) in [7, 11) is -2.37. The molecule has 10 heteroatoms. The maximum absolute atomic E-state index is 12.4. The van der Waals surface area contributed by atoms with E-state index in [9.17, 15) is 8.42 Å². The molecule has 0 saturated heterocycles. The smallest absolute Gasteiger partial charge is 0.282 e. The van der Waals surface area contributed by atoms with Crippen molar-refractivity contribution in [3.05, 3.63) is 26.8 Å². The van der Waals surface area contributed by atoms with E-state index in [0.717, 1.165) is 10.2 Å². The molecule has 0 saturated carbocycles. The van der Waals surface area contributed by atoms with Crippen molar-refractivity contribution in [1.82, 2.24) is 15.0 Å². The molecule has 1 heterocycles. The molecular weight excluding hydrogens is 414 g/mol. The molecule has 7 nitrogen and oxygen atoms in total. The van der Waals surface area contributed by atoms with Gasteiger partial charge in [0.05, 0.1) is 11.4 Å². The highest BCUT2D eigenvalue weighted by molar-refractivity contribution is 9.10. The number of benzene rings is 1. The summed E-state index contributed by atoms with van der Waals surface area (Å²) in [5.41, 5.74) is 7.38. The Morgan fingerprint density at radius 2 is 2.00 bits per heavy atom. The molecule has 0 aliphatic rings. The van der Waals surface area contributed by atoms with Crippen molar-refractivity contribution in [2.24, 2.45) is 7.05 Å². The maximum Gasteiger partial charge on any atom is 0.282 e. The number of rotatable bonds is 3. The van der Waals surface area contributed by atoms with Gasteiger partial charge in [0.15, 0.2) is 4.60 Å². The van der Waals surface area contributed by atoms with Gasteiger partial charge in [-0.05, 0) is 56.5 Å². The number of hydrogen-bond acceptors (Lipinski definition) is 5.